The van der Waals surface area contributed by atoms with Crippen LogP contribution in [-0.2, 0) is 4.74 Å². The maximum Gasteiger partial charge on any atom is 0.413 e. The Morgan fingerprint density at radius 3 is 2.67 bits per heavy atom. The van der Waals surface area contributed by atoms with E-state index in [1.54, 1.807) is 11.8 Å². The molecule has 0 bridgehead atoms. The molecule has 218 valence electrons. The SMILES string of the molecule is CCOc1cnc(NC(=O)N(C)[C@H]2CN(c3nccc(NC(=O)O[C@H]4CCN(C)[C@H](C)C4)n3)CCC2(F)F)cn1. The summed E-state index contributed by atoms with van der Waals surface area (Å²) in [6, 6.07) is -0.451. The lowest BCUT2D eigenvalue weighted by Gasteiger charge is -2.42. The van der Waals surface area contributed by atoms with Crippen LogP contribution in [0.4, 0.5) is 36.0 Å². The molecule has 2 saturated heterocycles. The maximum absolute atomic E-state index is 15.0. The number of urea groups is 1. The Morgan fingerprint density at radius 1 is 1.18 bits per heavy atom. The molecule has 2 aromatic rings. The van der Waals surface area contributed by atoms with Crippen LogP contribution in [0.25, 0.3) is 0 Å². The predicted octanol–water partition coefficient (Wildman–Crippen LogP) is 3.07. The van der Waals surface area contributed by atoms with E-state index < -0.39 is 30.5 Å². The Hall–Kier alpha value is -3.88. The lowest BCUT2D eigenvalue weighted by molar-refractivity contribution is -0.0760. The fourth-order valence-corrected chi connectivity index (χ4v) is 4.62. The van der Waals surface area contributed by atoms with Gasteiger partial charge in [0.1, 0.15) is 18.0 Å². The molecule has 40 heavy (non-hydrogen) atoms. The Labute approximate surface area is 231 Å². The molecule has 2 aliphatic heterocycles. The van der Waals surface area contributed by atoms with E-state index in [2.05, 4.69) is 42.4 Å². The zero-order valence-electron chi connectivity index (χ0n) is 23.0. The molecule has 0 unspecified atom stereocenters. The number of carbonyl (C=O) groups is 2. The van der Waals surface area contributed by atoms with Crippen LogP contribution in [0.2, 0.25) is 0 Å². The largest absolute Gasteiger partial charge is 0.477 e. The third-order valence-corrected chi connectivity index (χ3v) is 7.13. The number of hydrogen-bond acceptors (Lipinski definition) is 10. The number of nitrogens with zero attached hydrogens (tertiary/aromatic N) is 7. The van der Waals surface area contributed by atoms with E-state index in [9.17, 15) is 18.4 Å². The highest BCUT2D eigenvalue weighted by atomic mass is 19.3. The summed E-state index contributed by atoms with van der Waals surface area (Å²) in [7, 11) is 3.32. The van der Waals surface area contributed by atoms with Gasteiger partial charge in [0.05, 0.1) is 19.0 Å². The molecule has 13 nitrogen and oxygen atoms in total. The summed E-state index contributed by atoms with van der Waals surface area (Å²) in [5.41, 5.74) is 0. The van der Waals surface area contributed by atoms with Crippen LogP contribution in [0.15, 0.2) is 24.7 Å². The average molecular weight is 564 g/mol. The Kier molecular flexibility index (Phi) is 9.12. The summed E-state index contributed by atoms with van der Waals surface area (Å²) >= 11 is 0. The third kappa shape index (κ3) is 7.20. The third-order valence-electron chi connectivity index (χ3n) is 7.13. The smallest absolute Gasteiger partial charge is 0.413 e. The van der Waals surface area contributed by atoms with Gasteiger partial charge in [0, 0.05) is 45.3 Å². The Balaban J connectivity index is 1.37. The molecular formula is C25H35F2N9O4. The van der Waals surface area contributed by atoms with Crippen molar-refractivity contribution < 1.29 is 27.8 Å². The summed E-state index contributed by atoms with van der Waals surface area (Å²) < 4.78 is 40.7. The zero-order valence-corrected chi connectivity index (χ0v) is 23.0. The van der Waals surface area contributed by atoms with E-state index in [0.29, 0.717) is 12.6 Å². The minimum absolute atomic E-state index is 0.0370. The monoisotopic (exact) mass is 563 g/mol. The fraction of sp³-hybridized carbons (Fsp3) is 0.600. The molecule has 0 saturated carbocycles. The molecule has 0 spiro atoms. The molecule has 0 radical (unpaired) electrons. The van der Waals surface area contributed by atoms with Crippen LogP contribution in [0.3, 0.4) is 0 Å². The highest BCUT2D eigenvalue weighted by molar-refractivity contribution is 5.88. The first-order chi connectivity index (χ1) is 19.1. The number of rotatable bonds is 7. The standard InChI is InChI=1S/C25H35F2N9O4/c1-5-39-21-14-29-20(13-30-21)32-23(37)35(4)18-15-36(11-8-25(18,26)27)22-28-9-6-19(31-22)33-24(38)40-17-7-10-34(3)16(2)12-17/h6,9,13-14,16-18H,5,7-8,10-12,15H2,1-4H3,(H,29,32,37)(H,28,31,33,38)/t16-,17+,18+/m1/s1. The van der Waals surface area contributed by atoms with E-state index >= 15 is 0 Å². The molecule has 2 fully saturated rings. The van der Waals surface area contributed by atoms with Crippen LogP contribution >= 0.6 is 0 Å². The molecule has 4 rings (SSSR count). The number of carbonyl (C=O) groups excluding carboxylic acids is 2. The van der Waals surface area contributed by atoms with Crippen LogP contribution < -0.4 is 20.3 Å². The van der Waals surface area contributed by atoms with Crippen molar-refractivity contribution in [1.82, 2.24) is 29.7 Å². The molecule has 0 aromatic carbocycles. The highest BCUT2D eigenvalue weighted by Gasteiger charge is 2.48. The second kappa shape index (κ2) is 12.5. The molecular weight excluding hydrogens is 528 g/mol. The van der Waals surface area contributed by atoms with Crippen molar-refractivity contribution in [2.24, 2.45) is 0 Å². The number of likely N-dealkylation sites (tertiary alicyclic amines) is 1. The number of amides is 3. The lowest BCUT2D eigenvalue weighted by Crippen LogP contribution is -2.60. The number of anilines is 3. The second-order valence-electron chi connectivity index (χ2n) is 9.93. The number of alkyl halides is 2. The molecule has 0 aliphatic carbocycles. The first-order valence-electron chi connectivity index (χ1n) is 13.2. The number of likely N-dealkylation sites (N-methyl/N-ethyl adjacent to an activating group) is 1. The fourth-order valence-electron chi connectivity index (χ4n) is 4.62. The molecule has 2 N–H and O–H groups in total. The quantitative estimate of drug-likeness (QED) is 0.517. The number of aromatic nitrogens is 4. The van der Waals surface area contributed by atoms with E-state index in [1.807, 2.05) is 7.05 Å². The number of halogens is 2. The minimum Gasteiger partial charge on any atom is -0.477 e. The Morgan fingerprint density at radius 2 is 1.98 bits per heavy atom. The van der Waals surface area contributed by atoms with Crippen molar-refractivity contribution in [2.45, 2.75) is 57.2 Å². The van der Waals surface area contributed by atoms with Crippen LogP contribution in [0.5, 0.6) is 5.88 Å². The van der Waals surface area contributed by atoms with Gasteiger partial charge in [-0.25, -0.2) is 33.3 Å². The van der Waals surface area contributed by atoms with Gasteiger partial charge >= 0.3 is 12.1 Å². The van der Waals surface area contributed by atoms with Gasteiger partial charge in [0.2, 0.25) is 11.8 Å². The first-order valence-corrected chi connectivity index (χ1v) is 13.2. The van der Waals surface area contributed by atoms with Crippen molar-refractivity contribution in [1.29, 1.82) is 0 Å². The van der Waals surface area contributed by atoms with Gasteiger partial charge in [-0.1, -0.05) is 0 Å². The van der Waals surface area contributed by atoms with Crippen molar-refractivity contribution in [3.8, 4) is 5.88 Å². The van der Waals surface area contributed by atoms with Gasteiger partial charge in [-0.2, -0.15) is 4.98 Å². The van der Waals surface area contributed by atoms with Gasteiger partial charge < -0.3 is 24.2 Å². The molecule has 2 aliphatic rings. The van der Waals surface area contributed by atoms with Gasteiger partial charge in [-0.3, -0.25) is 10.6 Å². The van der Waals surface area contributed by atoms with Gasteiger partial charge in [0.15, 0.2) is 5.82 Å². The highest BCUT2D eigenvalue weighted by Crippen LogP contribution is 2.33. The minimum atomic E-state index is -3.15. The number of nitrogens with one attached hydrogen (secondary N) is 2. The van der Waals surface area contributed by atoms with Crippen molar-refractivity contribution in [3.63, 3.8) is 0 Å². The first kappa shape index (κ1) is 29.1. The molecule has 4 heterocycles. The maximum atomic E-state index is 15.0. The normalized spacial score (nSPS) is 22.8. The van der Waals surface area contributed by atoms with Gasteiger partial charge in [-0.05, 0) is 39.8 Å². The van der Waals surface area contributed by atoms with Gasteiger partial charge in [-0.15, -0.1) is 0 Å². The Bertz CT molecular complexity index is 1170. The molecule has 15 heteroatoms. The average Bonchev–Trinajstić information content (AvgIpc) is 2.91. The molecule has 3 amide bonds. The zero-order chi connectivity index (χ0) is 28.9. The summed E-state index contributed by atoms with van der Waals surface area (Å²) in [6.45, 7) is 4.84. The van der Waals surface area contributed by atoms with Crippen LogP contribution in [0, 0.1) is 0 Å². The number of ether oxygens (including phenoxy) is 2. The summed E-state index contributed by atoms with van der Waals surface area (Å²) in [6.07, 6.45) is 4.16. The van der Waals surface area contributed by atoms with E-state index in [1.165, 1.54) is 31.7 Å². The topological polar surface area (TPSA) is 138 Å². The van der Waals surface area contributed by atoms with E-state index in [4.69, 9.17) is 9.47 Å². The summed E-state index contributed by atoms with van der Waals surface area (Å²) in [4.78, 5) is 46.5. The molecule has 3 atom stereocenters. The second-order valence-corrected chi connectivity index (χ2v) is 9.93. The summed E-state index contributed by atoms with van der Waals surface area (Å²) in [5, 5.41) is 5.09. The predicted molar refractivity (Wildman–Crippen MR) is 143 cm³/mol. The number of hydrogen-bond donors (Lipinski definition) is 2. The molecule has 2 aromatic heterocycles. The van der Waals surface area contributed by atoms with E-state index in [0.717, 1.165) is 24.3 Å². The summed E-state index contributed by atoms with van der Waals surface area (Å²) in [5.74, 6) is -2.44. The van der Waals surface area contributed by atoms with E-state index in [-0.39, 0.29) is 42.7 Å². The van der Waals surface area contributed by atoms with Crippen LogP contribution in [-0.4, -0.2) is 106 Å². The van der Waals surface area contributed by atoms with Crippen molar-refractivity contribution >= 4 is 29.7 Å². The van der Waals surface area contributed by atoms with Gasteiger partial charge in [0.25, 0.3) is 5.92 Å². The van der Waals surface area contributed by atoms with Crippen molar-refractivity contribution in [2.75, 3.05) is 55.9 Å². The lowest BCUT2D eigenvalue weighted by atomic mass is 10.00. The van der Waals surface area contributed by atoms with Crippen LogP contribution in [0.1, 0.15) is 33.1 Å². The van der Waals surface area contributed by atoms with Crippen molar-refractivity contribution in [3.05, 3.63) is 24.7 Å². The number of piperidine rings is 2.